The lowest BCUT2D eigenvalue weighted by atomic mass is 10.0. The first-order chi connectivity index (χ1) is 18.4. The van der Waals surface area contributed by atoms with E-state index in [1.165, 1.54) is 22.1 Å². The maximum absolute atomic E-state index is 14.0. The zero-order valence-electron chi connectivity index (χ0n) is 21.6. The second kappa shape index (κ2) is 12.0. The van der Waals surface area contributed by atoms with Crippen LogP contribution in [-0.2, 0) is 9.57 Å². The molecule has 0 atom stereocenters. The Morgan fingerprint density at radius 1 is 1.03 bits per heavy atom. The number of nitrogens with zero attached hydrogens (tertiary/aromatic N) is 2. The summed E-state index contributed by atoms with van der Waals surface area (Å²) in [4.78, 5) is 46.1. The van der Waals surface area contributed by atoms with Crippen molar-refractivity contribution in [1.82, 2.24) is 5.06 Å². The van der Waals surface area contributed by atoms with Crippen LogP contribution in [-0.4, -0.2) is 52.9 Å². The van der Waals surface area contributed by atoms with Crippen molar-refractivity contribution < 1.29 is 29.1 Å². The predicted molar refractivity (Wildman–Crippen MR) is 152 cm³/mol. The Morgan fingerprint density at radius 3 is 2.28 bits per heavy atom. The summed E-state index contributed by atoms with van der Waals surface area (Å²) < 4.78 is 5.23. The number of ether oxygens (including phenoxy) is 1. The summed E-state index contributed by atoms with van der Waals surface area (Å²) in [6.45, 7) is 5.88. The molecule has 11 heteroatoms. The predicted octanol–water partition coefficient (Wildman–Crippen LogP) is 7.40. The van der Waals surface area contributed by atoms with Gasteiger partial charge in [0.25, 0.3) is 5.91 Å². The van der Waals surface area contributed by atoms with Crippen LogP contribution in [0.15, 0.2) is 54.6 Å². The molecule has 8 nitrogen and oxygen atoms in total. The van der Waals surface area contributed by atoms with Gasteiger partial charge in [-0.15, -0.1) is 16.4 Å². The Labute approximate surface area is 240 Å². The van der Waals surface area contributed by atoms with Crippen LogP contribution >= 0.6 is 34.5 Å². The van der Waals surface area contributed by atoms with E-state index in [4.69, 9.17) is 32.8 Å². The molecule has 1 saturated heterocycles. The largest absolute Gasteiger partial charge is 0.528 e. The quantitative estimate of drug-likeness (QED) is 0.299. The highest BCUT2D eigenvalue weighted by Crippen LogP contribution is 2.40. The fourth-order valence-corrected chi connectivity index (χ4v) is 5.77. The number of hydrogen-bond donors (Lipinski definition) is 1. The first kappa shape index (κ1) is 28.9. The van der Waals surface area contributed by atoms with Crippen molar-refractivity contribution in [2.24, 2.45) is 0 Å². The van der Waals surface area contributed by atoms with Gasteiger partial charge in [0.05, 0.1) is 16.3 Å². The average molecular weight is 592 g/mol. The smallest absolute Gasteiger partial charge is 0.477 e. The van der Waals surface area contributed by atoms with E-state index in [1.807, 2.05) is 30.3 Å². The molecular formula is C28H28Cl2N2O6S. The molecule has 0 bridgehead atoms. The normalized spacial score (nSPS) is 14.6. The highest BCUT2D eigenvalue weighted by Gasteiger charge is 2.35. The molecule has 1 amide bonds. The second-order valence-corrected chi connectivity index (χ2v) is 11.9. The maximum Gasteiger partial charge on any atom is 0.528 e. The summed E-state index contributed by atoms with van der Waals surface area (Å²) in [6.07, 6.45) is 0.0188. The molecule has 3 aromatic rings. The molecule has 4 rings (SSSR count). The zero-order chi connectivity index (χ0) is 28.3. The number of carboxylic acids is 1. The Bertz CT molecular complexity index is 1360. The van der Waals surface area contributed by atoms with Crippen LogP contribution in [0.1, 0.15) is 53.6 Å². The maximum atomic E-state index is 14.0. The standard InChI is InChI=1S/C28H28Cl2N2O6S/c1-28(2,3)37-27(36)38-31-13-11-19(12-14-31)32(25(33)20-10-9-18(29)15-21(20)30)22-16-23(39-24(22)26(34)35)17-7-5-4-6-8-17/h4-10,15-16,19H,11-14H2,1-3H3,(H,34,35). The van der Waals surface area contributed by atoms with Crippen LogP contribution < -0.4 is 4.90 Å². The van der Waals surface area contributed by atoms with Crippen LogP contribution in [0.3, 0.4) is 0 Å². The number of carbonyl (C=O) groups excluding carboxylic acids is 2. The van der Waals surface area contributed by atoms with Gasteiger partial charge in [0, 0.05) is 29.0 Å². The van der Waals surface area contributed by atoms with Crippen molar-refractivity contribution in [3.8, 4) is 10.4 Å². The lowest BCUT2D eigenvalue weighted by Crippen LogP contribution is -2.48. The second-order valence-electron chi connectivity index (χ2n) is 10.0. The van der Waals surface area contributed by atoms with E-state index in [1.54, 1.807) is 32.9 Å². The van der Waals surface area contributed by atoms with Crippen LogP contribution in [0.25, 0.3) is 10.4 Å². The number of carboxylic acid groups (broad SMARTS) is 1. The van der Waals surface area contributed by atoms with Crippen LogP contribution in [0, 0.1) is 0 Å². The summed E-state index contributed by atoms with van der Waals surface area (Å²) in [5.74, 6) is -1.58. The van der Waals surface area contributed by atoms with Gasteiger partial charge in [-0.05, 0) is 63.4 Å². The van der Waals surface area contributed by atoms with Crippen molar-refractivity contribution in [3.05, 3.63) is 75.1 Å². The molecule has 1 N–H and O–H groups in total. The molecule has 2 aromatic carbocycles. The van der Waals surface area contributed by atoms with Gasteiger partial charge < -0.3 is 19.6 Å². The highest BCUT2D eigenvalue weighted by molar-refractivity contribution is 7.18. The van der Waals surface area contributed by atoms with Crippen molar-refractivity contribution in [2.75, 3.05) is 18.0 Å². The lowest BCUT2D eigenvalue weighted by molar-refractivity contribution is -0.151. The van der Waals surface area contributed by atoms with Crippen LogP contribution in [0.2, 0.25) is 10.0 Å². The number of rotatable bonds is 6. The molecule has 39 heavy (non-hydrogen) atoms. The average Bonchev–Trinajstić information content (AvgIpc) is 3.30. The monoisotopic (exact) mass is 590 g/mol. The number of aromatic carboxylic acids is 1. The SMILES string of the molecule is CC(C)(C)OC(=O)ON1CCC(N(C(=O)c2ccc(Cl)cc2Cl)c2cc(-c3ccccc3)sc2C(=O)O)CC1. The summed E-state index contributed by atoms with van der Waals surface area (Å²) in [6, 6.07) is 15.3. The van der Waals surface area contributed by atoms with Gasteiger partial charge in [-0.3, -0.25) is 4.79 Å². The molecule has 0 unspecified atom stereocenters. The number of carbonyl (C=O) groups is 3. The minimum atomic E-state index is -1.14. The van der Waals surface area contributed by atoms with E-state index in [-0.39, 0.29) is 27.2 Å². The molecule has 206 valence electrons. The molecule has 0 aliphatic carbocycles. The van der Waals surface area contributed by atoms with E-state index in [9.17, 15) is 19.5 Å². The Morgan fingerprint density at radius 2 is 1.69 bits per heavy atom. The summed E-state index contributed by atoms with van der Waals surface area (Å²) in [5, 5.41) is 12.1. The van der Waals surface area contributed by atoms with Crippen molar-refractivity contribution in [1.29, 1.82) is 0 Å². The van der Waals surface area contributed by atoms with Crippen LogP contribution in [0.5, 0.6) is 0 Å². The fraction of sp³-hybridized carbons (Fsp3) is 0.321. The number of hydrogen-bond acceptors (Lipinski definition) is 7. The Hall–Kier alpha value is -3.11. The van der Waals surface area contributed by atoms with E-state index in [0.717, 1.165) is 16.9 Å². The third kappa shape index (κ3) is 7.10. The number of piperidine rings is 1. The summed E-state index contributed by atoms with van der Waals surface area (Å²) in [7, 11) is 0. The number of halogens is 2. The summed E-state index contributed by atoms with van der Waals surface area (Å²) in [5.41, 5.74) is 0.638. The van der Waals surface area contributed by atoms with E-state index in [0.29, 0.717) is 35.8 Å². The molecule has 0 spiro atoms. The van der Waals surface area contributed by atoms with Crippen molar-refractivity contribution in [2.45, 2.75) is 45.3 Å². The van der Waals surface area contributed by atoms with Gasteiger partial charge in [0.1, 0.15) is 10.5 Å². The molecule has 1 fully saturated rings. The number of amides is 1. The molecule has 1 aromatic heterocycles. The minimum Gasteiger partial charge on any atom is -0.477 e. The van der Waals surface area contributed by atoms with Gasteiger partial charge in [0.2, 0.25) is 0 Å². The lowest BCUT2D eigenvalue weighted by Gasteiger charge is -2.37. The molecule has 1 aliphatic rings. The van der Waals surface area contributed by atoms with Crippen LogP contribution in [0.4, 0.5) is 10.5 Å². The van der Waals surface area contributed by atoms with E-state index < -0.39 is 23.6 Å². The number of benzene rings is 2. The third-order valence-electron chi connectivity index (χ3n) is 5.99. The molecular weight excluding hydrogens is 563 g/mol. The molecule has 0 saturated carbocycles. The fourth-order valence-electron chi connectivity index (χ4n) is 4.29. The van der Waals surface area contributed by atoms with E-state index >= 15 is 0 Å². The number of anilines is 1. The van der Waals surface area contributed by atoms with Gasteiger partial charge in [-0.1, -0.05) is 53.5 Å². The molecule has 0 radical (unpaired) electrons. The van der Waals surface area contributed by atoms with Gasteiger partial charge in [-0.25, -0.2) is 9.59 Å². The number of thiophene rings is 1. The topological polar surface area (TPSA) is 96.4 Å². The van der Waals surface area contributed by atoms with Gasteiger partial charge in [-0.2, -0.15) is 0 Å². The van der Waals surface area contributed by atoms with Gasteiger partial charge in [0.15, 0.2) is 0 Å². The number of hydroxylamine groups is 2. The van der Waals surface area contributed by atoms with E-state index in [2.05, 4.69) is 0 Å². The minimum absolute atomic E-state index is 0.0414. The first-order valence-electron chi connectivity index (χ1n) is 12.3. The van der Waals surface area contributed by atoms with Crippen molar-refractivity contribution >= 4 is 58.3 Å². The summed E-state index contributed by atoms with van der Waals surface area (Å²) >= 11 is 13.6. The molecule has 2 heterocycles. The zero-order valence-corrected chi connectivity index (χ0v) is 24.0. The highest BCUT2D eigenvalue weighted by atomic mass is 35.5. The Kier molecular flexibility index (Phi) is 8.86. The Balaban J connectivity index is 1.68. The van der Waals surface area contributed by atoms with Crippen molar-refractivity contribution in [3.63, 3.8) is 0 Å². The molecule has 1 aliphatic heterocycles. The van der Waals surface area contributed by atoms with Gasteiger partial charge >= 0.3 is 12.1 Å². The first-order valence-corrected chi connectivity index (χ1v) is 13.9. The third-order valence-corrected chi connectivity index (χ3v) is 7.70.